The largest absolute Gasteiger partial charge is 0.339 e. The summed E-state index contributed by atoms with van der Waals surface area (Å²) in [5.41, 5.74) is 6.83. The first-order chi connectivity index (χ1) is 12.8. The van der Waals surface area contributed by atoms with Crippen molar-refractivity contribution in [3.05, 3.63) is 36.2 Å². The number of hydrogen-bond donors (Lipinski definition) is 1. The minimum atomic E-state index is -0.481. The number of hydrogen-bond acceptors (Lipinski definition) is 6. The normalized spacial score (nSPS) is 17.1. The van der Waals surface area contributed by atoms with Gasteiger partial charge in [0.2, 0.25) is 17.6 Å². The van der Waals surface area contributed by atoms with Gasteiger partial charge in [-0.25, -0.2) is 0 Å². The molecule has 162 valence electrons. The highest BCUT2D eigenvalue weighted by atomic mass is 35.5. The molecule has 9 heteroatoms. The molecule has 1 unspecified atom stereocenters. The van der Waals surface area contributed by atoms with Crippen LogP contribution >= 0.6 is 24.8 Å². The third-order valence-corrected chi connectivity index (χ3v) is 5.20. The van der Waals surface area contributed by atoms with Gasteiger partial charge in [-0.1, -0.05) is 56.3 Å². The monoisotopic (exact) mass is 443 g/mol. The van der Waals surface area contributed by atoms with Gasteiger partial charge in [-0.15, -0.1) is 24.8 Å². The van der Waals surface area contributed by atoms with E-state index in [1.807, 2.05) is 56.0 Å². The van der Waals surface area contributed by atoms with Gasteiger partial charge in [0.05, 0.1) is 12.1 Å². The standard InChI is InChI=1S/C20H29N5O2.2ClH/c1-14(18-22-17(23-27-18)15-8-6-5-7-9-15)24-10-12-25(13-11-24)19(26)16(21)20(2,3)4;;/h5-9,14,16H,10-13,21H2,1-4H3;2*1H/t14?,16-;;/m1../s1. The van der Waals surface area contributed by atoms with Crippen LogP contribution < -0.4 is 5.73 Å². The molecule has 0 aliphatic carbocycles. The third kappa shape index (κ3) is 5.92. The third-order valence-electron chi connectivity index (χ3n) is 5.20. The van der Waals surface area contributed by atoms with E-state index in [1.54, 1.807) is 0 Å². The van der Waals surface area contributed by atoms with Gasteiger partial charge in [-0.05, 0) is 12.3 Å². The molecule has 7 nitrogen and oxygen atoms in total. The Bertz CT molecular complexity index is 771. The number of aromatic nitrogens is 2. The van der Waals surface area contributed by atoms with Crippen molar-refractivity contribution in [1.29, 1.82) is 0 Å². The average Bonchev–Trinajstić information content (AvgIpc) is 3.16. The molecular weight excluding hydrogens is 413 g/mol. The van der Waals surface area contributed by atoms with Crippen LogP contribution in [0.4, 0.5) is 0 Å². The van der Waals surface area contributed by atoms with E-state index in [1.165, 1.54) is 0 Å². The lowest BCUT2D eigenvalue weighted by molar-refractivity contribution is -0.137. The molecule has 2 atom stereocenters. The Morgan fingerprint density at radius 2 is 1.69 bits per heavy atom. The zero-order chi connectivity index (χ0) is 19.6. The van der Waals surface area contributed by atoms with Crippen molar-refractivity contribution in [3.8, 4) is 11.4 Å². The Morgan fingerprint density at radius 3 is 2.24 bits per heavy atom. The van der Waals surface area contributed by atoms with Gasteiger partial charge in [-0.2, -0.15) is 4.98 Å². The van der Waals surface area contributed by atoms with Gasteiger partial charge in [-0.3, -0.25) is 9.69 Å². The summed E-state index contributed by atoms with van der Waals surface area (Å²) >= 11 is 0. The van der Waals surface area contributed by atoms with E-state index in [-0.39, 0.29) is 42.2 Å². The van der Waals surface area contributed by atoms with E-state index >= 15 is 0 Å². The smallest absolute Gasteiger partial charge is 0.244 e. The number of benzene rings is 1. The van der Waals surface area contributed by atoms with Gasteiger partial charge < -0.3 is 15.2 Å². The molecule has 0 bridgehead atoms. The second-order valence-electron chi connectivity index (χ2n) is 8.20. The van der Waals surface area contributed by atoms with Crippen molar-refractivity contribution in [1.82, 2.24) is 19.9 Å². The molecular formula is C20H31Cl2N5O2. The molecule has 1 aliphatic rings. The molecule has 1 amide bonds. The number of amides is 1. The Hall–Kier alpha value is -1.67. The molecule has 3 rings (SSSR count). The molecule has 2 aromatic rings. The molecule has 1 saturated heterocycles. The zero-order valence-corrected chi connectivity index (χ0v) is 19.0. The summed E-state index contributed by atoms with van der Waals surface area (Å²) in [5.74, 6) is 1.22. The highest BCUT2D eigenvalue weighted by Gasteiger charge is 2.34. The Labute approximate surface area is 184 Å². The van der Waals surface area contributed by atoms with Crippen LogP contribution in [0, 0.1) is 5.41 Å². The summed E-state index contributed by atoms with van der Waals surface area (Å²) in [6, 6.07) is 9.30. The lowest BCUT2D eigenvalue weighted by atomic mass is 9.86. The topological polar surface area (TPSA) is 88.5 Å². The van der Waals surface area contributed by atoms with Crippen molar-refractivity contribution >= 4 is 30.7 Å². The molecule has 1 aromatic carbocycles. The van der Waals surface area contributed by atoms with Gasteiger partial charge >= 0.3 is 0 Å². The Balaban J connectivity index is 0.00000210. The van der Waals surface area contributed by atoms with Crippen LogP contribution in [0.2, 0.25) is 0 Å². The minimum absolute atomic E-state index is 0. The molecule has 1 aromatic heterocycles. The van der Waals surface area contributed by atoms with Crippen molar-refractivity contribution in [2.45, 2.75) is 39.8 Å². The van der Waals surface area contributed by atoms with Crippen molar-refractivity contribution in [2.24, 2.45) is 11.1 Å². The quantitative estimate of drug-likeness (QED) is 0.780. The van der Waals surface area contributed by atoms with E-state index in [0.717, 1.165) is 18.7 Å². The minimum Gasteiger partial charge on any atom is -0.339 e. The van der Waals surface area contributed by atoms with E-state index in [9.17, 15) is 4.79 Å². The SMILES string of the molecule is CC(c1nc(-c2ccccc2)no1)N1CCN(C(=O)[C@@H](N)C(C)(C)C)CC1.Cl.Cl. The Kier molecular flexibility index (Phi) is 9.09. The second kappa shape index (κ2) is 10.4. The maximum Gasteiger partial charge on any atom is 0.244 e. The lowest BCUT2D eigenvalue weighted by Crippen LogP contribution is -2.56. The number of halogens is 2. The average molecular weight is 444 g/mol. The lowest BCUT2D eigenvalue weighted by Gasteiger charge is -2.39. The fourth-order valence-corrected chi connectivity index (χ4v) is 3.16. The van der Waals surface area contributed by atoms with E-state index in [2.05, 4.69) is 22.0 Å². The van der Waals surface area contributed by atoms with Crippen LogP contribution in [-0.2, 0) is 4.79 Å². The highest BCUT2D eigenvalue weighted by molar-refractivity contribution is 5.85. The summed E-state index contributed by atoms with van der Waals surface area (Å²) in [4.78, 5) is 21.3. The van der Waals surface area contributed by atoms with Crippen molar-refractivity contribution in [2.75, 3.05) is 26.2 Å². The number of nitrogens with zero attached hydrogens (tertiary/aromatic N) is 4. The first-order valence-electron chi connectivity index (χ1n) is 9.45. The predicted molar refractivity (Wildman–Crippen MR) is 118 cm³/mol. The number of nitrogens with two attached hydrogens (primary N) is 1. The van der Waals surface area contributed by atoms with Gasteiger partial charge in [0.25, 0.3) is 0 Å². The predicted octanol–water partition coefficient (Wildman–Crippen LogP) is 3.16. The van der Waals surface area contributed by atoms with Gasteiger partial charge in [0.1, 0.15) is 0 Å². The first-order valence-corrected chi connectivity index (χ1v) is 9.45. The van der Waals surface area contributed by atoms with Crippen molar-refractivity contribution < 1.29 is 9.32 Å². The fourth-order valence-electron chi connectivity index (χ4n) is 3.16. The zero-order valence-electron chi connectivity index (χ0n) is 17.4. The first kappa shape index (κ1) is 25.4. The molecule has 1 aliphatic heterocycles. The molecule has 0 spiro atoms. The summed E-state index contributed by atoms with van der Waals surface area (Å²) in [6.45, 7) is 10.9. The molecule has 2 heterocycles. The summed E-state index contributed by atoms with van der Waals surface area (Å²) in [6.07, 6.45) is 0. The van der Waals surface area contributed by atoms with Gasteiger partial charge in [0, 0.05) is 31.7 Å². The molecule has 1 fully saturated rings. The van der Waals surface area contributed by atoms with Gasteiger partial charge in [0.15, 0.2) is 0 Å². The number of rotatable bonds is 4. The van der Waals surface area contributed by atoms with Crippen LogP contribution in [0.25, 0.3) is 11.4 Å². The molecule has 2 N–H and O–H groups in total. The molecule has 29 heavy (non-hydrogen) atoms. The number of piperazine rings is 1. The van der Waals surface area contributed by atoms with Crippen LogP contribution in [0.15, 0.2) is 34.9 Å². The van der Waals surface area contributed by atoms with Crippen LogP contribution in [0.3, 0.4) is 0 Å². The maximum atomic E-state index is 12.6. The Morgan fingerprint density at radius 1 is 1.10 bits per heavy atom. The van der Waals surface area contributed by atoms with Crippen LogP contribution in [-0.4, -0.2) is 58.1 Å². The fraction of sp³-hybridized carbons (Fsp3) is 0.550. The summed E-state index contributed by atoms with van der Waals surface area (Å²) in [5, 5.41) is 4.10. The molecule has 0 saturated carbocycles. The van der Waals surface area contributed by atoms with Crippen molar-refractivity contribution in [3.63, 3.8) is 0 Å². The van der Waals surface area contributed by atoms with E-state index in [4.69, 9.17) is 10.3 Å². The highest BCUT2D eigenvalue weighted by Crippen LogP contribution is 2.24. The summed E-state index contributed by atoms with van der Waals surface area (Å²) in [7, 11) is 0. The summed E-state index contributed by atoms with van der Waals surface area (Å²) < 4.78 is 5.49. The van der Waals surface area contributed by atoms with E-state index < -0.39 is 6.04 Å². The number of carbonyl (C=O) groups excluding carboxylic acids is 1. The van der Waals surface area contributed by atoms with E-state index in [0.29, 0.717) is 24.8 Å². The molecule has 0 radical (unpaired) electrons. The maximum absolute atomic E-state index is 12.6. The second-order valence-corrected chi connectivity index (χ2v) is 8.20. The number of carbonyl (C=O) groups is 1. The van der Waals surface area contributed by atoms with Crippen LogP contribution in [0.1, 0.15) is 39.6 Å². The van der Waals surface area contributed by atoms with Crippen LogP contribution in [0.5, 0.6) is 0 Å².